The van der Waals surface area contributed by atoms with Crippen LogP contribution in [0.5, 0.6) is 0 Å². The Labute approximate surface area is 114 Å². The molecule has 0 aromatic rings. The minimum Gasteiger partial charge on any atom is -0.466 e. The topological polar surface area (TPSA) is 87.7 Å². The van der Waals surface area contributed by atoms with Crippen LogP contribution in [0.1, 0.15) is 41.0 Å². The second-order valence-electron chi connectivity index (χ2n) is 5.53. The average molecular weight is 274 g/mol. The van der Waals surface area contributed by atoms with Crippen LogP contribution < -0.4 is 10.6 Å². The standard InChI is InChI=1S/C13H26N2O4/c1-6-19-11(17)7-10(16)8-14-9(2)12(18)15-13(3,4)5/h9-10,14,16H,6-8H2,1-5H3,(H,15,18). The van der Waals surface area contributed by atoms with Gasteiger partial charge in [-0.3, -0.25) is 9.59 Å². The van der Waals surface area contributed by atoms with Crippen LogP contribution in [0.3, 0.4) is 0 Å². The molecule has 0 aliphatic rings. The molecule has 112 valence electrons. The summed E-state index contributed by atoms with van der Waals surface area (Å²) in [6.45, 7) is 9.56. The third-order valence-electron chi connectivity index (χ3n) is 2.26. The van der Waals surface area contributed by atoms with E-state index >= 15 is 0 Å². The van der Waals surface area contributed by atoms with Gasteiger partial charge in [-0.1, -0.05) is 0 Å². The molecule has 0 bridgehead atoms. The Hall–Kier alpha value is -1.14. The summed E-state index contributed by atoms with van der Waals surface area (Å²) in [7, 11) is 0. The molecule has 0 radical (unpaired) electrons. The molecule has 1 amide bonds. The summed E-state index contributed by atoms with van der Waals surface area (Å²) in [4.78, 5) is 22.9. The fourth-order valence-corrected chi connectivity index (χ4v) is 1.37. The second-order valence-corrected chi connectivity index (χ2v) is 5.53. The second kappa shape index (κ2) is 8.12. The maximum absolute atomic E-state index is 11.7. The van der Waals surface area contributed by atoms with Gasteiger partial charge in [0.15, 0.2) is 0 Å². The van der Waals surface area contributed by atoms with E-state index in [4.69, 9.17) is 4.74 Å². The molecule has 2 unspecified atom stereocenters. The van der Waals surface area contributed by atoms with E-state index in [0.29, 0.717) is 6.61 Å². The number of carbonyl (C=O) groups is 2. The summed E-state index contributed by atoms with van der Waals surface area (Å²) in [5.74, 6) is -0.584. The van der Waals surface area contributed by atoms with Crippen LogP contribution in [-0.4, -0.2) is 47.8 Å². The molecule has 0 fully saturated rings. The molecule has 0 rings (SSSR count). The van der Waals surface area contributed by atoms with Crippen LogP contribution in [-0.2, 0) is 14.3 Å². The van der Waals surface area contributed by atoms with E-state index in [9.17, 15) is 14.7 Å². The van der Waals surface area contributed by atoms with Gasteiger partial charge in [0, 0.05) is 12.1 Å². The fourth-order valence-electron chi connectivity index (χ4n) is 1.37. The van der Waals surface area contributed by atoms with Crippen molar-refractivity contribution in [2.24, 2.45) is 0 Å². The number of aliphatic hydroxyl groups excluding tert-OH is 1. The number of esters is 1. The third-order valence-corrected chi connectivity index (χ3v) is 2.26. The normalized spacial score (nSPS) is 14.6. The Bertz CT molecular complexity index is 300. The van der Waals surface area contributed by atoms with Crippen LogP contribution >= 0.6 is 0 Å². The molecule has 0 spiro atoms. The molecule has 0 heterocycles. The van der Waals surface area contributed by atoms with Crippen LogP contribution in [0.25, 0.3) is 0 Å². The van der Waals surface area contributed by atoms with Crippen molar-refractivity contribution in [1.82, 2.24) is 10.6 Å². The number of rotatable bonds is 7. The van der Waals surface area contributed by atoms with Crippen molar-refractivity contribution in [3.63, 3.8) is 0 Å². The molecule has 0 aromatic carbocycles. The van der Waals surface area contributed by atoms with E-state index in [-0.39, 0.29) is 24.4 Å². The largest absolute Gasteiger partial charge is 0.466 e. The van der Waals surface area contributed by atoms with E-state index < -0.39 is 18.1 Å². The smallest absolute Gasteiger partial charge is 0.308 e. The number of carbonyl (C=O) groups excluding carboxylic acids is 2. The predicted octanol–water partition coefficient (Wildman–Crippen LogP) is 0.193. The zero-order chi connectivity index (χ0) is 15.1. The van der Waals surface area contributed by atoms with Crippen LogP contribution in [0.2, 0.25) is 0 Å². The molecule has 0 saturated heterocycles. The number of hydrogen-bond acceptors (Lipinski definition) is 5. The maximum Gasteiger partial charge on any atom is 0.308 e. The molecule has 0 aromatic heterocycles. The van der Waals surface area contributed by atoms with Gasteiger partial charge >= 0.3 is 5.97 Å². The van der Waals surface area contributed by atoms with Gasteiger partial charge in [0.25, 0.3) is 0 Å². The maximum atomic E-state index is 11.7. The first-order valence-electron chi connectivity index (χ1n) is 6.54. The summed E-state index contributed by atoms with van der Waals surface area (Å²) in [5.41, 5.74) is -0.295. The van der Waals surface area contributed by atoms with Gasteiger partial charge in [-0.2, -0.15) is 0 Å². The minimum absolute atomic E-state index is 0.0750. The number of nitrogens with one attached hydrogen (secondary N) is 2. The van der Waals surface area contributed by atoms with Gasteiger partial charge in [-0.15, -0.1) is 0 Å². The molecule has 6 nitrogen and oxygen atoms in total. The van der Waals surface area contributed by atoms with Gasteiger partial charge in [-0.25, -0.2) is 0 Å². The lowest BCUT2D eigenvalue weighted by Gasteiger charge is -2.24. The van der Waals surface area contributed by atoms with Crippen LogP contribution in [0.4, 0.5) is 0 Å². The first-order chi connectivity index (χ1) is 8.65. The summed E-state index contributed by atoms with van der Waals surface area (Å²) in [6.07, 6.45) is -0.932. The van der Waals surface area contributed by atoms with Gasteiger partial charge in [-0.05, 0) is 34.6 Å². The molecule has 0 aliphatic heterocycles. The summed E-state index contributed by atoms with van der Waals surface area (Å²) < 4.78 is 4.73. The number of ether oxygens (including phenoxy) is 1. The molecular formula is C13H26N2O4. The van der Waals surface area contributed by atoms with E-state index in [2.05, 4.69) is 10.6 Å². The third kappa shape index (κ3) is 9.44. The molecule has 2 atom stereocenters. The number of amides is 1. The number of aliphatic hydroxyl groups is 1. The Morgan fingerprint density at radius 2 is 1.89 bits per heavy atom. The van der Waals surface area contributed by atoms with Crippen molar-refractivity contribution in [2.45, 2.75) is 58.7 Å². The Balaban J connectivity index is 3.98. The Morgan fingerprint density at radius 3 is 2.37 bits per heavy atom. The van der Waals surface area contributed by atoms with Crippen molar-refractivity contribution in [2.75, 3.05) is 13.2 Å². The highest BCUT2D eigenvalue weighted by Gasteiger charge is 2.20. The Morgan fingerprint density at radius 1 is 1.32 bits per heavy atom. The molecule has 6 heteroatoms. The van der Waals surface area contributed by atoms with Gasteiger partial charge in [0.1, 0.15) is 0 Å². The monoisotopic (exact) mass is 274 g/mol. The fraction of sp³-hybridized carbons (Fsp3) is 0.846. The van der Waals surface area contributed by atoms with Crippen molar-refractivity contribution in [3.05, 3.63) is 0 Å². The lowest BCUT2D eigenvalue weighted by atomic mass is 10.1. The highest BCUT2D eigenvalue weighted by molar-refractivity contribution is 5.81. The van der Waals surface area contributed by atoms with E-state index in [1.54, 1.807) is 13.8 Å². The summed E-state index contributed by atoms with van der Waals surface area (Å²) >= 11 is 0. The predicted molar refractivity (Wildman–Crippen MR) is 72.6 cm³/mol. The summed E-state index contributed by atoms with van der Waals surface area (Å²) in [5, 5.41) is 15.3. The minimum atomic E-state index is -0.857. The zero-order valence-electron chi connectivity index (χ0n) is 12.4. The lowest BCUT2D eigenvalue weighted by molar-refractivity contribution is -0.145. The van der Waals surface area contributed by atoms with Gasteiger partial charge in [0.05, 0.1) is 25.2 Å². The first kappa shape index (κ1) is 17.9. The molecule has 0 saturated carbocycles. The van der Waals surface area contributed by atoms with Crippen molar-refractivity contribution in [3.8, 4) is 0 Å². The zero-order valence-corrected chi connectivity index (χ0v) is 12.4. The van der Waals surface area contributed by atoms with Crippen LogP contribution in [0.15, 0.2) is 0 Å². The summed E-state index contributed by atoms with van der Waals surface area (Å²) in [6, 6.07) is -0.434. The average Bonchev–Trinajstić information content (AvgIpc) is 2.23. The SMILES string of the molecule is CCOC(=O)CC(O)CNC(C)C(=O)NC(C)(C)C. The highest BCUT2D eigenvalue weighted by atomic mass is 16.5. The number of hydrogen-bond donors (Lipinski definition) is 3. The Kier molecular flexibility index (Phi) is 7.63. The van der Waals surface area contributed by atoms with Crippen LogP contribution in [0, 0.1) is 0 Å². The molecule has 3 N–H and O–H groups in total. The van der Waals surface area contributed by atoms with E-state index in [0.717, 1.165) is 0 Å². The van der Waals surface area contributed by atoms with Crippen molar-refractivity contribution in [1.29, 1.82) is 0 Å². The molecular weight excluding hydrogens is 248 g/mol. The van der Waals surface area contributed by atoms with Crippen molar-refractivity contribution >= 4 is 11.9 Å². The first-order valence-corrected chi connectivity index (χ1v) is 6.54. The lowest BCUT2D eigenvalue weighted by Crippen LogP contribution is -2.50. The highest BCUT2D eigenvalue weighted by Crippen LogP contribution is 2.00. The van der Waals surface area contributed by atoms with Gasteiger partial charge < -0.3 is 20.5 Å². The van der Waals surface area contributed by atoms with Gasteiger partial charge in [0.2, 0.25) is 5.91 Å². The quantitative estimate of drug-likeness (QED) is 0.577. The van der Waals surface area contributed by atoms with E-state index in [1.807, 2.05) is 20.8 Å². The van der Waals surface area contributed by atoms with Crippen molar-refractivity contribution < 1.29 is 19.4 Å². The molecule has 19 heavy (non-hydrogen) atoms. The van der Waals surface area contributed by atoms with E-state index in [1.165, 1.54) is 0 Å². The molecule has 0 aliphatic carbocycles.